The van der Waals surface area contributed by atoms with Crippen molar-refractivity contribution in [2.75, 3.05) is 6.61 Å². The molecule has 0 saturated heterocycles. The molecule has 1 unspecified atom stereocenters. The van der Waals surface area contributed by atoms with Gasteiger partial charge >= 0.3 is 0 Å². The van der Waals surface area contributed by atoms with Crippen LogP contribution in [0.3, 0.4) is 0 Å². The maximum absolute atomic E-state index is 12.2. The van der Waals surface area contributed by atoms with E-state index in [1.54, 1.807) is 11.3 Å². The second-order valence-corrected chi connectivity index (χ2v) is 6.47. The predicted octanol–water partition coefficient (Wildman–Crippen LogP) is 4.03. The van der Waals surface area contributed by atoms with E-state index in [4.69, 9.17) is 4.74 Å². The number of carbonyl (C=O) groups excluding carboxylic acids is 1. The molecule has 1 aromatic carbocycles. The third-order valence-corrected chi connectivity index (χ3v) is 4.67. The molecule has 0 bridgehead atoms. The normalized spacial score (nSPS) is 15.5. The monoisotopic (exact) mass is 301 g/mol. The van der Waals surface area contributed by atoms with Crippen LogP contribution in [0, 0.1) is 5.92 Å². The molecule has 0 aliphatic heterocycles. The van der Waals surface area contributed by atoms with Crippen molar-refractivity contribution in [1.29, 1.82) is 0 Å². The first-order valence-electron chi connectivity index (χ1n) is 7.29. The topological polar surface area (TPSA) is 38.3 Å². The number of hydrogen-bond acceptors (Lipinski definition) is 3. The van der Waals surface area contributed by atoms with Crippen LogP contribution in [0.4, 0.5) is 0 Å². The average Bonchev–Trinajstić information content (AvgIpc) is 3.16. The predicted molar refractivity (Wildman–Crippen MR) is 84.9 cm³/mol. The van der Waals surface area contributed by atoms with Crippen LogP contribution in [-0.4, -0.2) is 12.5 Å². The van der Waals surface area contributed by atoms with Crippen LogP contribution in [0.1, 0.15) is 41.0 Å². The lowest BCUT2D eigenvalue weighted by molar-refractivity contribution is 0.0940. The molecule has 1 heterocycles. The van der Waals surface area contributed by atoms with Crippen molar-refractivity contribution >= 4 is 17.2 Å². The summed E-state index contributed by atoms with van der Waals surface area (Å²) in [6.45, 7) is 2.79. The zero-order valence-corrected chi connectivity index (χ0v) is 12.9. The fourth-order valence-corrected chi connectivity index (χ4v) is 2.82. The van der Waals surface area contributed by atoms with Crippen molar-refractivity contribution in [2.24, 2.45) is 5.92 Å². The first-order chi connectivity index (χ1) is 10.2. The molecule has 1 aromatic heterocycles. The summed E-state index contributed by atoms with van der Waals surface area (Å²) in [5, 5.41) is 5.03. The fourth-order valence-electron chi connectivity index (χ4n) is 2.09. The van der Waals surface area contributed by atoms with Crippen LogP contribution < -0.4 is 10.1 Å². The zero-order chi connectivity index (χ0) is 14.7. The number of benzene rings is 1. The van der Waals surface area contributed by atoms with Gasteiger partial charge in [0.1, 0.15) is 5.75 Å². The van der Waals surface area contributed by atoms with Gasteiger partial charge < -0.3 is 10.1 Å². The molecule has 1 saturated carbocycles. The number of hydrogen-bond donors (Lipinski definition) is 1. The van der Waals surface area contributed by atoms with Crippen LogP contribution in [0.5, 0.6) is 5.75 Å². The molecule has 1 aliphatic carbocycles. The molecule has 1 amide bonds. The van der Waals surface area contributed by atoms with Crippen molar-refractivity contribution in [2.45, 2.75) is 25.8 Å². The smallest absolute Gasteiger partial charge is 0.251 e. The quantitative estimate of drug-likeness (QED) is 0.875. The highest BCUT2D eigenvalue weighted by atomic mass is 32.1. The minimum atomic E-state index is -0.0513. The van der Waals surface area contributed by atoms with Crippen molar-refractivity contribution in [1.82, 2.24) is 5.32 Å². The molecule has 1 N–H and O–H groups in total. The highest BCUT2D eigenvalue weighted by molar-refractivity contribution is 7.10. The molecule has 1 aliphatic rings. The van der Waals surface area contributed by atoms with E-state index in [0.717, 1.165) is 23.2 Å². The van der Waals surface area contributed by atoms with Gasteiger partial charge in [0.25, 0.3) is 5.91 Å². The molecule has 3 nitrogen and oxygen atoms in total. The molecule has 110 valence electrons. The van der Waals surface area contributed by atoms with E-state index < -0.39 is 0 Å². The third kappa shape index (κ3) is 3.85. The Morgan fingerprint density at radius 1 is 1.33 bits per heavy atom. The Morgan fingerprint density at radius 2 is 2.10 bits per heavy atom. The van der Waals surface area contributed by atoms with Gasteiger partial charge in [-0.25, -0.2) is 0 Å². The number of ether oxygens (including phenoxy) is 1. The highest BCUT2D eigenvalue weighted by Crippen LogP contribution is 2.29. The molecule has 2 aromatic rings. The van der Waals surface area contributed by atoms with Crippen molar-refractivity contribution in [3.05, 3.63) is 52.2 Å². The Labute approximate surface area is 129 Å². The van der Waals surface area contributed by atoms with Gasteiger partial charge in [-0.2, -0.15) is 0 Å². The lowest BCUT2D eigenvalue weighted by atomic mass is 10.2. The Morgan fingerprint density at radius 3 is 2.71 bits per heavy atom. The molecule has 1 fully saturated rings. The Hall–Kier alpha value is -1.81. The lowest BCUT2D eigenvalue weighted by Crippen LogP contribution is -2.26. The Balaban J connectivity index is 1.56. The number of thiophene rings is 1. The number of amides is 1. The molecular formula is C17H19NO2S. The van der Waals surface area contributed by atoms with E-state index in [1.807, 2.05) is 48.7 Å². The van der Waals surface area contributed by atoms with Gasteiger partial charge in [-0.1, -0.05) is 6.07 Å². The van der Waals surface area contributed by atoms with Crippen LogP contribution in [0.2, 0.25) is 0 Å². The van der Waals surface area contributed by atoms with Gasteiger partial charge in [0, 0.05) is 10.4 Å². The fraction of sp³-hybridized carbons (Fsp3) is 0.353. The summed E-state index contributed by atoms with van der Waals surface area (Å²) in [7, 11) is 0. The van der Waals surface area contributed by atoms with E-state index in [0.29, 0.717) is 5.56 Å². The molecule has 3 rings (SSSR count). The van der Waals surface area contributed by atoms with Gasteiger partial charge in [-0.3, -0.25) is 4.79 Å². The summed E-state index contributed by atoms with van der Waals surface area (Å²) in [6, 6.07) is 11.4. The van der Waals surface area contributed by atoms with Gasteiger partial charge in [0.05, 0.1) is 12.6 Å². The summed E-state index contributed by atoms with van der Waals surface area (Å²) in [5.74, 6) is 1.52. The summed E-state index contributed by atoms with van der Waals surface area (Å²) >= 11 is 1.65. The van der Waals surface area contributed by atoms with Crippen molar-refractivity contribution < 1.29 is 9.53 Å². The van der Waals surface area contributed by atoms with E-state index >= 15 is 0 Å². The number of nitrogens with one attached hydrogen (secondary N) is 1. The second-order valence-electron chi connectivity index (χ2n) is 5.49. The maximum atomic E-state index is 12.2. The van der Waals surface area contributed by atoms with Crippen molar-refractivity contribution in [3.63, 3.8) is 0 Å². The highest BCUT2D eigenvalue weighted by Gasteiger charge is 2.21. The summed E-state index contributed by atoms with van der Waals surface area (Å²) in [4.78, 5) is 13.4. The van der Waals surface area contributed by atoms with E-state index in [1.165, 1.54) is 12.8 Å². The Kier molecular flexibility index (Phi) is 4.25. The molecule has 21 heavy (non-hydrogen) atoms. The summed E-state index contributed by atoms with van der Waals surface area (Å²) in [6.07, 6.45) is 2.56. The van der Waals surface area contributed by atoms with Crippen LogP contribution in [-0.2, 0) is 0 Å². The average molecular weight is 301 g/mol. The molecule has 0 spiro atoms. The number of rotatable bonds is 6. The number of carbonyl (C=O) groups is 1. The van der Waals surface area contributed by atoms with Gasteiger partial charge in [0.2, 0.25) is 0 Å². The maximum Gasteiger partial charge on any atom is 0.251 e. The third-order valence-electron chi connectivity index (χ3n) is 3.62. The minimum Gasteiger partial charge on any atom is -0.493 e. The van der Waals surface area contributed by atoms with Crippen LogP contribution in [0.15, 0.2) is 41.8 Å². The zero-order valence-electron chi connectivity index (χ0n) is 12.0. The first kappa shape index (κ1) is 14.1. The van der Waals surface area contributed by atoms with Crippen molar-refractivity contribution in [3.8, 4) is 5.75 Å². The largest absolute Gasteiger partial charge is 0.493 e. The van der Waals surface area contributed by atoms with Gasteiger partial charge in [0.15, 0.2) is 0 Å². The van der Waals surface area contributed by atoms with E-state index in [2.05, 4.69) is 5.32 Å². The standard InChI is InChI=1S/C17H19NO2S/c1-12(16-3-2-10-21-16)18-17(19)14-6-8-15(9-7-14)20-11-13-4-5-13/h2-3,6-10,12-13H,4-5,11H2,1H3,(H,18,19). The molecule has 0 radical (unpaired) electrons. The minimum absolute atomic E-state index is 0.0308. The summed E-state index contributed by atoms with van der Waals surface area (Å²) < 4.78 is 5.67. The lowest BCUT2D eigenvalue weighted by Gasteiger charge is -2.12. The second kappa shape index (κ2) is 6.31. The van der Waals surface area contributed by atoms with E-state index in [-0.39, 0.29) is 11.9 Å². The summed E-state index contributed by atoms with van der Waals surface area (Å²) in [5.41, 5.74) is 0.664. The molecule has 1 atom stereocenters. The van der Waals surface area contributed by atoms with Crippen LogP contribution >= 0.6 is 11.3 Å². The molecular weight excluding hydrogens is 282 g/mol. The van der Waals surface area contributed by atoms with Crippen LogP contribution in [0.25, 0.3) is 0 Å². The van der Waals surface area contributed by atoms with Gasteiger partial charge in [-0.15, -0.1) is 11.3 Å². The SMILES string of the molecule is CC(NC(=O)c1ccc(OCC2CC2)cc1)c1cccs1. The van der Waals surface area contributed by atoms with Gasteiger partial charge in [-0.05, 0) is 61.4 Å². The first-order valence-corrected chi connectivity index (χ1v) is 8.17. The Bertz CT molecular complexity index is 588. The molecule has 4 heteroatoms. The van der Waals surface area contributed by atoms with E-state index in [9.17, 15) is 4.79 Å².